The third kappa shape index (κ3) is 3.05. The average Bonchev–Trinajstić information content (AvgIpc) is 3.32. The Labute approximate surface area is 144 Å². The molecule has 2 aromatic carbocycles. The topological polar surface area (TPSA) is 46.3 Å². The Kier molecular flexibility index (Phi) is 4.06. The fraction of sp³-hybridized carbons (Fsp3) is 0.200. The van der Waals surface area contributed by atoms with E-state index in [-0.39, 0.29) is 23.5 Å². The molecule has 1 aliphatic rings. The minimum Gasteiger partial charge on any atom is -0.350 e. The molecule has 1 atom stereocenters. The zero-order valence-corrected chi connectivity index (χ0v) is 13.6. The fourth-order valence-corrected chi connectivity index (χ4v) is 3.33. The molecule has 2 heterocycles. The average molecular weight is 336 g/mol. The second kappa shape index (κ2) is 6.51. The Morgan fingerprint density at radius 2 is 1.96 bits per heavy atom. The van der Waals surface area contributed by atoms with E-state index in [1.807, 2.05) is 36.4 Å². The van der Waals surface area contributed by atoms with Gasteiger partial charge in [0.2, 0.25) is 5.76 Å². The summed E-state index contributed by atoms with van der Waals surface area (Å²) in [4.78, 5) is 14.6. The van der Waals surface area contributed by atoms with Crippen LogP contribution in [0.25, 0.3) is 11.3 Å². The molecule has 0 saturated carbocycles. The van der Waals surface area contributed by atoms with Crippen LogP contribution in [0.3, 0.4) is 0 Å². The van der Waals surface area contributed by atoms with E-state index in [0.29, 0.717) is 12.2 Å². The van der Waals surface area contributed by atoms with Crippen LogP contribution in [-0.4, -0.2) is 22.5 Å². The SMILES string of the molecule is O=C(c1cc(-c2ccccc2)no1)N1CCC[C@H]1c1cccc(F)c1. The maximum atomic E-state index is 13.5. The van der Waals surface area contributed by atoms with Gasteiger partial charge in [0.05, 0.1) is 6.04 Å². The zero-order valence-electron chi connectivity index (χ0n) is 13.6. The predicted molar refractivity (Wildman–Crippen MR) is 91.4 cm³/mol. The van der Waals surface area contributed by atoms with Crippen LogP contribution in [0.2, 0.25) is 0 Å². The van der Waals surface area contributed by atoms with Crippen molar-refractivity contribution in [2.75, 3.05) is 6.54 Å². The van der Waals surface area contributed by atoms with Gasteiger partial charge in [-0.2, -0.15) is 0 Å². The van der Waals surface area contributed by atoms with E-state index in [9.17, 15) is 9.18 Å². The Morgan fingerprint density at radius 1 is 1.12 bits per heavy atom. The molecule has 1 aliphatic heterocycles. The number of carbonyl (C=O) groups excluding carboxylic acids is 1. The molecule has 0 unspecified atom stereocenters. The maximum absolute atomic E-state index is 13.5. The van der Waals surface area contributed by atoms with Gasteiger partial charge in [0.15, 0.2) is 0 Å². The van der Waals surface area contributed by atoms with E-state index in [0.717, 1.165) is 24.0 Å². The van der Waals surface area contributed by atoms with Crippen molar-refractivity contribution in [3.8, 4) is 11.3 Å². The molecule has 126 valence electrons. The van der Waals surface area contributed by atoms with Crippen molar-refractivity contribution < 1.29 is 13.7 Å². The summed E-state index contributed by atoms with van der Waals surface area (Å²) in [5.41, 5.74) is 2.34. The summed E-state index contributed by atoms with van der Waals surface area (Å²) < 4.78 is 18.8. The number of likely N-dealkylation sites (tertiary alicyclic amines) is 1. The highest BCUT2D eigenvalue weighted by atomic mass is 19.1. The summed E-state index contributed by atoms with van der Waals surface area (Å²) in [5, 5.41) is 4.01. The highest BCUT2D eigenvalue weighted by molar-refractivity contribution is 5.93. The van der Waals surface area contributed by atoms with Gasteiger partial charge in [-0.05, 0) is 30.5 Å². The summed E-state index contributed by atoms with van der Waals surface area (Å²) in [7, 11) is 0. The van der Waals surface area contributed by atoms with Gasteiger partial charge in [0, 0.05) is 18.2 Å². The van der Waals surface area contributed by atoms with Crippen LogP contribution in [0.5, 0.6) is 0 Å². The van der Waals surface area contributed by atoms with Gasteiger partial charge in [-0.3, -0.25) is 4.79 Å². The number of halogens is 1. The van der Waals surface area contributed by atoms with Crippen LogP contribution < -0.4 is 0 Å². The lowest BCUT2D eigenvalue weighted by molar-refractivity contribution is 0.0693. The second-order valence-corrected chi connectivity index (χ2v) is 6.15. The molecule has 4 nitrogen and oxygen atoms in total. The Balaban J connectivity index is 1.59. The lowest BCUT2D eigenvalue weighted by Gasteiger charge is -2.23. The number of benzene rings is 2. The van der Waals surface area contributed by atoms with E-state index < -0.39 is 0 Å². The Morgan fingerprint density at radius 3 is 2.76 bits per heavy atom. The standard InChI is InChI=1S/C20H17FN2O2/c21-16-9-4-8-15(12-16)18-10-5-11-23(18)20(24)19-13-17(22-25-19)14-6-2-1-3-7-14/h1-4,6-9,12-13,18H,5,10-11H2/t18-/m0/s1. The van der Waals surface area contributed by atoms with Gasteiger partial charge in [-0.15, -0.1) is 0 Å². The van der Waals surface area contributed by atoms with Gasteiger partial charge >= 0.3 is 0 Å². The van der Waals surface area contributed by atoms with Gasteiger partial charge in [-0.25, -0.2) is 4.39 Å². The van der Waals surface area contributed by atoms with Gasteiger partial charge < -0.3 is 9.42 Å². The Hall–Kier alpha value is -2.95. The number of amides is 1. The highest BCUT2D eigenvalue weighted by Crippen LogP contribution is 2.33. The normalized spacial score (nSPS) is 17.0. The number of nitrogens with zero attached hydrogens (tertiary/aromatic N) is 2. The molecular weight excluding hydrogens is 319 g/mol. The van der Waals surface area contributed by atoms with Gasteiger partial charge in [0.25, 0.3) is 5.91 Å². The molecule has 0 spiro atoms. The molecular formula is C20H17FN2O2. The molecule has 1 saturated heterocycles. The second-order valence-electron chi connectivity index (χ2n) is 6.15. The molecule has 4 rings (SSSR count). The third-order valence-corrected chi connectivity index (χ3v) is 4.54. The van der Waals surface area contributed by atoms with E-state index in [4.69, 9.17) is 4.52 Å². The monoisotopic (exact) mass is 336 g/mol. The van der Waals surface area contributed by atoms with E-state index in [1.165, 1.54) is 12.1 Å². The first-order valence-corrected chi connectivity index (χ1v) is 8.31. The van der Waals surface area contributed by atoms with E-state index >= 15 is 0 Å². The number of aromatic nitrogens is 1. The first-order valence-electron chi connectivity index (χ1n) is 8.31. The number of rotatable bonds is 3. The van der Waals surface area contributed by atoms with Crippen LogP contribution in [0, 0.1) is 5.82 Å². The molecule has 0 N–H and O–H groups in total. The molecule has 25 heavy (non-hydrogen) atoms. The molecule has 0 bridgehead atoms. The largest absolute Gasteiger partial charge is 0.350 e. The molecule has 3 aromatic rings. The van der Waals surface area contributed by atoms with E-state index in [2.05, 4.69) is 5.16 Å². The first-order chi connectivity index (χ1) is 12.2. The van der Waals surface area contributed by atoms with Crippen molar-refractivity contribution in [2.24, 2.45) is 0 Å². The molecule has 0 radical (unpaired) electrons. The Bertz CT molecular complexity index is 891. The summed E-state index contributed by atoms with van der Waals surface area (Å²) >= 11 is 0. The van der Waals surface area contributed by atoms with Gasteiger partial charge in [0.1, 0.15) is 11.5 Å². The fourth-order valence-electron chi connectivity index (χ4n) is 3.33. The van der Waals surface area contributed by atoms with Crippen molar-refractivity contribution in [2.45, 2.75) is 18.9 Å². The van der Waals surface area contributed by atoms with Crippen molar-refractivity contribution in [1.29, 1.82) is 0 Å². The van der Waals surface area contributed by atoms with Crippen LogP contribution in [0.15, 0.2) is 65.2 Å². The lowest BCUT2D eigenvalue weighted by atomic mass is 10.0. The van der Waals surface area contributed by atoms with Crippen molar-refractivity contribution in [3.05, 3.63) is 77.8 Å². The molecule has 1 aromatic heterocycles. The summed E-state index contributed by atoms with van der Waals surface area (Å²) in [6.07, 6.45) is 1.70. The number of hydrogen-bond donors (Lipinski definition) is 0. The number of carbonyl (C=O) groups is 1. The zero-order chi connectivity index (χ0) is 17.2. The van der Waals surface area contributed by atoms with Crippen LogP contribution in [-0.2, 0) is 0 Å². The smallest absolute Gasteiger partial charge is 0.292 e. The van der Waals surface area contributed by atoms with Gasteiger partial charge in [-0.1, -0.05) is 47.6 Å². The van der Waals surface area contributed by atoms with Crippen molar-refractivity contribution in [1.82, 2.24) is 10.1 Å². The molecule has 0 aliphatic carbocycles. The van der Waals surface area contributed by atoms with Crippen LogP contribution >= 0.6 is 0 Å². The van der Waals surface area contributed by atoms with Crippen molar-refractivity contribution >= 4 is 5.91 Å². The molecule has 1 fully saturated rings. The van der Waals surface area contributed by atoms with Crippen molar-refractivity contribution in [3.63, 3.8) is 0 Å². The highest BCUT2D eigenvalue weighted by Gasteiger charge is 2.32. The number of hydrogen-bond acceptors (Lipinski definition) is 3. The molecule has 5 heteroatoms. The predicted octanol–water partition coefficient (Wildman–Crippen LogP) is 4.46. The minimum absolute atomic E-state index is 0.131. The maximum Gasteiger partial charge on any atom is 0.292 e. The first kappa shape index (κ1) is 15.6. The summed E-state index contributed by atoms with van der Waals surface area (Å²) in [6, 6.07) is 17.5. The summed E-state index contributed by atoms with van der Waals surface area (Å²) in [6.45, 7) is 0.626. The van der Waals surface area contributed by atoms with Crippen LogP contribution in [0.1, 0.15) is 35.0 Å². The third-order valence-electron chi connectivity index (χ3n) is 4.54. The van der Waals surface area contributed by atoms with Crippen LogP contribution in [0.4, 0.5) is 4.39 Å². The lowest BCUT2D eigenvalue weighted by Crippen LogP contribution is -2.30. The minimum atomic E-state index is -0.289. The van der Waals surface area contributed by atoms with E-state index in [1.54, 1.807) is 17.0 Å². The molecule has 1 amide bonds. The quantitative estimate of drug-likeness (QED) is 0.709. The summed E-state index contributed by atoms with van der Waals surface area (Å²) in [5.74, 6) is -0.286.